The lowest BCUT2D eigenvalue weighted by Gasteiger charge is -2.36. The normalized spacial score (nSPS) is 26.1. The Morgan fingerprint density at radius 1 is 1.47 bits per heavy atom. The lowest BCUT2D eigenvalue weighted by molar-refractivity contribution is -0.0688. The summed E-state index contributed by atoms with van der Waals surface area (Å²) in [6, 6.07) is 8.44. The van der Waals surface area contributed by atoms with Gasteiger partial charge in [0.2, 0.25) is 0 Å². The molecule has 2 unspecified atom stereocenters. The zero-order valence-corrected chi connectivity index (χ0v) is 12.2. The Kier molecular flexibility index (Phi) is 4.86. The highest BCUT2D eigenvalue weighted by molar-refractivity contribution is 9.10. The summed E-state index contributed by atoms with van der Waals surface area (Å²) in [4.78, 5) is 2.41. The molecule has 2 nitrogen and oxygen atoms in total. The van der Waals surface area contributed by atoms with Gasteiger partial charge in [-0.2, -0.15) is 0 Å². The molecule has 0 aliphatic carbocycles. The fraction of sp³-hybridized carbons (Fsp3) is 0.538. The van der Waals surface area contributed by atoms with Gasteiger partial charge in [-0.3, -0.25) is 4.90 Å². The van der Waals surface area contributed by atoms with Crippen molar-refractivity contribution in [1.29, 1.82) is 0 Å². The van der Waals surface area contributed by atoms with E-state index in [9.17, 15) is 0 Å². The molecule has 2 atom stereocenters. The van der Waals surface area contributed by atoms with Crippen LogP contribution in [0.1, 0.15) is 12.5 Å². The minimum Gasteiger partial charge on any atom is -0.371 e. The van der Waals surface area contributed by atoms with Gasteiger partial charge in [-0.1, -0.05) is 28.1 Å². The second-order valence-electron chi connectivity index (χ2n) is 4.55. The van der Waals surface area contributed by atoms with E-state index >= 15 is 0 Å². The van der Waals surface area contributed by atoms with Gasteiger partial charge in [0.15, 0.2) is 0 Å². The average molecular weight is 319 g/mol. The number of benzene rings is 1. The van der Waals surface area contributed by atoms with Crippen LogP contribution in [-0.2, 0) is 11.3 Å². The predicted octanol–water partition coefficient (Wildman–Crippen LogP) is 3.28. The Bertz CT molecular complexity index is 374. The molecular formula is C13H17BrClNO. The lowest BCUT2D eigenvalue weighted by Crippen LogP contribution is -2.46. The van der Waals surface area contributed by atoms with Crippen LogP contribution in [0.5, 0.6) is 0 Å². The van der Waals surface area contributed by atoms with Gasteiger partial charge in [-0.05, 0) is 24.6 Å². The number of rotatable bonds is 3. The molecule has 1 fully saturated rings. The van der Waals surface area contributed by atoms with Crippen LogP contribution >= 0.6 is 27.5 Å². The Morgan fingerprint density at radius 2 is 2.29 bits per heavy atom. The van der Waals surface area contributed by atoms with Crippen molar-refractivity contribution in [2.45, 2.75) is 25.7 Å². The van der Waals surface area contributed by atoms with Crippen LogP contribution in [0.3, 0.4) is 0 Å². The Balaban J connectivity index is 1.98. The maximum Gasteiger partial charge on any atom is 0.0841 e. The third-order valence-electron chi connectivity index (χ3n) is 2.87. The smallest absolute Gasteiger partial charge is 0.0841 e. The van der Waals surface area contributed by atoms with Gasteiger partial charge in [0, 0.05) is 30.0 Å². The van der Waals surface area contributed by atoms with E-state index in [4.69, 9.17) is 16.3 Å². The van der Waals surface area contributed by atoms with Crippen LogP contribution < -0.4 is 0 Å². The predicted molar refractivity (Wildman–Crippen MR) is 74.5 cm³/mol. The van der Waals surface area contributed by atoms with Crippen LogP contribution in [0.25, 0.3) is 0 Å². The summed E-state index contributed by atoms with van der Waals surface area (Å²) >= 11 is 9.38. The molecule has 0 spiro atoms. The Labute approximate surface area is 116 Å². The van der Waals surface area contributed by atoms with Crippen molar-refractivity contribution >= 4 is 27.5 Å². The lowest BCUT2D eigenvalue weighted by atomic mass is 10.1. The quantitative estimate of drug-likeness (QED) is 0.793. The van der Waals surface area contributed by atoms with E-state index in [1.54, 1.807) is 0 Å². The molecule has 1 aromatic rings. The van der Waals surface area contributed by atoms with Gasteiger partial charge in [0.05, 0.1) is 12.2 Å². The molecule has 2 rings (SSSR count). The van der Waals surface area contributed by atoms with Crippen molar-refractivity contribution < 1.29 is 4.74 Å². The van der Waals surface area contributed by atoms with E-state index in [2.05, 4.69) is 46.0 Å². The summed E-state index contributed by atoms with van der Waals surface area (Å²) in [5.41, 5.74) is 1.32. The highest BCUT2D eigenvalue weighted by Crippen LogP contribution is 2.17. The SMILES string of the molecule is CC1CN(Cc2cccc(Br)c2)CC(CCl)O1. The van der Waals surface area contributed by atoms with Crippen molar-refractivity contribution in [2.75, 3.05) is 19.0 Å². The molecule has 94 valence electrons. The summed E-state index contributed by atoms with van der Waals surface area (Å²) in [7, 11) is 0. The first kappa shape index (κ1) is 13.3. The van der Waals surface area contributed by atoms with Crippen LogP contribution in [0.15, 0.2) is 28.7 Å². The summed E-state index contributed by atoms with van der Waals surface area (Å²) < 4.78 is 6.87. The number of morpholine rings is 1. The van der Waals surface area contributed by atoms with Crippen molar-refractivity contribution in [3.63, 3.8) is 0 Å². The molecule has 17 heavy (non-hydrogen) atoms. The van der Waals surface area contributed by atoms with E-state index in [0.717, 1.165) is 24.1 Å². The van der Waals surface area contributed by atoms with Crippen molar-refractivity contribution in [3.8, 4) is 0 Å². The molecule has 0 N–H and O–H groups in total. The molecule has 1 aliphatic rings. The molecule has 4 heteroatoms. The van der Waals surface area contributed by atoms with Crippen molar-refractivity contribution in [3.05, 3.63) is 34.3 Å². The molecule has 0 aromatic heterocycles. The second-order valence-corrected chi connectivity index (χ2v) is 5.77. The number of alkyl halides is 1. The zero-order valence-electron chi connectivity index (χ0n) is 9.90. The molecule has 0 radical (unpaired) electrons. The van der Waals surface area contributed by atoms with Crippen LogP contribution in [0.4, 0.5) is 0 Å². The largest absolute Gasteiger partial charge is 0.371 e. The first-order valence-corrected chi connectivity index (χ1v) is 7.18. The third-order valence-corrected chi connectivity index (χ3v) is 3.71. The number of hydrogen-bond donors (Lipinski definition) is 0. The van der Waals surface area contributed by atoms with E-state index < -0.39 is 0 Å². The Morgan fingerprint density at radius 3 is 3.00 bits per heavy atom. The number of halogens is 2. The van der Waals surface area contributed by atoms with Gasteiger partial charge < -0.3 is 4.74 Å². The molecule has 1 aromatic carbocycles. The van der Waals surface area contributed by atoms with E-state index in [1.165, 1.54) is 5.56 Å². The minimum atomic E-state index is 0.160. The highest BCUT2D eigenvalue weighted by Gasteiger charge is 2.24. The standard InChI is InChI=1S/C13H17BrClNO/c1-10-7-16(9-13(6-15)17-10)8-11-3-2-4-12(14)5-11/h2-5,10,13H,6-9H2,1H3. The fourth-order valence-electron chi connectivity index (χ4n) is 2.25. The van der Waals surface area contributed by atoms with E-state index in [0.29, 0.717) is 5.88 Å². The Hall–Kier alpha value is -0.0900. The molecule has 1 saturated heterocycles. The molecule has 0 amide bonds. The third kappa shape index (κ3) is 3.95. The second kappa shape index (κ2) is 6.19. The molecule has 0 saturated carbocycles. The molecule has 0 bridgehead atoms. The first-order chi connectivity index (χ1) is 8.17. The average Bonchev–Trinajstić information content (AvgIpc) is 2.28. The summed E-state index contributed by atoms with van der Waals surface area (Å²) in [6.07, 6.45) is 0.423. The number of ether oxygens (including phenoxy) is 1. The van der Waals surface area contributed by atoms with Crippen LogP contribution in [0.2, 0.25) is 0 Å². The monoisotopic (exact) mass is 317 g/mol. The van der Waals surface area contributed by atoms with Crippen LogP contribution in [-0.4, -0.2) is 36.1 Å². The first-order valence-electron chi connectivity index (χ1n) is 5.85. The van der Waals surface area contributed by atoms with Gasteiger partial charge in [-0.25, -0.2) is 0 Å². The van der Waals surface area contributed by atoms with Gasteiger partial charge in [0.1, 0.15) is 0 Å². The van der Waals surface area contributed by atoms with Gasteiger partial charge >= 0.3 is 0 Å². The summed E-state index contributed by atoms with van der Waals surface area (Å²) in [6.45, 7) is 4.95. The summed E-state index contributed by atoms with van der Waals surface area (Å²) in [5, 5.41) is 0. The molecule has 1 aliphatic heterocycles. The highest BCUT2D eigenvalue weighted by atomic mass is 79.9. The maximum atomic E-state index is 5.88. The fourth-order valence-corrected chi connectivity index (χ4v) is 2.87. The molecular weight excluding hydrogens is 302 g/mol. The summed E-state index contributed by atoms with van der Waals surface area (Å²) in [5.74, 6) is 0.569. The maximum absolute atomic E-state index is 5.88. The van der Waals surface area contributed by atoms with Gasteiger partial charge in [-0.15, -0.1) is 11.6 Å². The van der Waals surface area contributed by atoms with Crippen molar-refractivity contribution in [1.82, 2.24) is 4.90 Å². The topological polar surface area (TPSA) is 12.5 Å². The van der Waals surface area contributed by atoms with E-state index in [1.807, 2.05) is 6.07 Å². The number of hydrogen-bond acceptors (Lipinski definition) is 2. The molecule has 1 heterocycles. The van der Waals surface area contributed by atoms with E-state index in [-0.39, 0.29) is 12.2 Å². The number of nitrogens with zero attached hydrogens (tertiary/aromatic N) is 1. The zero-order chi connectivity index (χ0) is 12.3. The van der Waals surface area contributed by atoms with Crippen LogP contribution in [0, 0.1) is 0 Å². The van der Waals surface area contributed by atoms with Crippen molar-refractivity contribution in [2.24, 2.45) is 0 Å². The minimum absolute atomic E-state index is 0.160. The van der Waals surface area contributed by atoms with Gasteiger partial charge in [0.25, 0.3) is 0 Å².